The molecule has 0 aliphatic carbocycles. The molecule has 1 N–H and O–H groups in total. The van der Waals surface area contributed by atoms with Crippen molar-refractivity contribution in [1.82, 2.24) is 24.6 Å². The number of rotatable bonds is 7. The van der Waals surface area contributed by atoms with E-state index in [-0.39, 0.29) is 0 Å². The van der Waals surface area contributed by atoms with Gasteiger partial charge >= 0.3 is 0 Å². The molecule has 18 heavy (non-hydrogen) atoms. The smallest absolute Gasteiger partial charge is 0.0945 e. The Morgan fingerprint density at radius 3 is 2.89 bits per heavy atom. The van der Waals surface area contributed by atoms with Gasteiger partial charge in [0.25, 0.3) is 0 Å². The zero-order valence-corrected chi connectivity index (χ0v) is 11.1. The average molecular weight is 247 g/mol. The molecule has 98 valence electrons. The topological polar surface area (TPSA) is 47.7 Å². The first-order chi connectivity index (χ1) is 8.75. The first-order valence-corrected chi connectivity index (χ1v) is 6.41. The Morgan fingerprint density at radius 2 is 2.22 bits per heavy atom. The second-order valence-electron chi connectivity index (χ2n) is 4.59. The van der Waals surface area contributed by atoms with E-state index in [0.717, 1.165) is 25.3 Å². The summed E-state index contributed by atoms with van der Waals surface area (Å²) in [5.41, 5.74) is 2.32. The van der Waals surface area contributed by atoms with Crippen molar-refractivity contribution < 1.29 is 0 Å². The Balaban J connectivity index is 1.57. The van der Waals surface area contributed by atoms with E-state index in [1.165, 1.54) is 18.5 Å². The van der Waals surface area contributed by atoms with E-state index < -0.39 is 0 Å². The second kappa shape index (κ2) is 6.35. The molecular weight excluding hydrogens is 226 g/mol. The van der Waals surface area contributed by atoms with Crippen LogP contribution in [0.15, 0.2) is 24.8 Å². The van der Waals surface area contributed by atoms with Crippen LogP contribution in [0.5, 0.6) is 0 Å². The number of imidazole rings is 1. The number of aryl methyl sites for hydroxylation is 3. The van der Waals surface area contributed by atoms with Gasteiger partial charge in [-0.1, -0.05) is 0 Å². The molecule has 0 saturated carbocycles. The van der Waals surface area contributed by atoms with Gasteiger partial charge in [-0.3, -0.25) is 4.68 Å². The summed E-state index contributed by atoms with van der Waals surface area (Å²) >= 11 is 0. The maximum atomic E-state index is 4.33. The summed E-state index contributed by atoms with van der Waals surface area (Å²) < 4.78 is 4.05. The van der Waals surface area contributed by atoms with Crippen LogP contribution in [-0.2, 0) is 20.1 Å². The predicted molar refractivity (Wildman–Crippen MR) is 71.1 cm³/mol. The fraction of sp³-hybridized carbons (Fsp3) is 0.538. The molecule has 0 aromatic carbocycles. The molecule has 5 heteroatoms. The Hall–Kier alpha value is -1.62. The number of nitrogens with zero attached hydrogens (tertiary/aromatic N) is 4. The third kappa shape index (κ3) is 3.70. The van der Waals surface area contributed by atoms with Gasteiger partial charge in [0.05, 0.1) is 17.7 Å². The summed E-state index contributed by atoms with van der Waals surface area (Å²) in [6.45, 7) is 5.00. The van der Waals surface area contributed by atoms with Gasteiger partial charge in [0.2, 0.25) is 0 Å². The SMILES string of the molecule is Cc1cc(CNCCCCn2ccnc2)n(C)n1. The molecule has 0 amide bonds. The Labute approximate surface area is 108 Å². The summed E-state index contributed by atoms with van der Waals surface area (Å²) in [4.78, 5) is 4.03. The zero-order valence-electron chi connectivity index (χ0n) is 11.1. The zero-order chi connectivity index (χ0) is 12.8. The molecule has 0 unspecified atom stereocenters. The van der Waals surface area contributed by atoms with Gasteiger partial charge in [0, 0.05) is 32.5 Å². The minimum Gasteiger partial charge on any atom is -0.337 e. The Morgan fingerprint density at radius 1 is 1.33 bits per heavy atom. The van der Waals surface area contributed by atoms with Crippen molar-refractivity contribution in [2.24, 2.45) is 7.05 Å². The van der Waals surface area contributed by atoms with Gasteiger partial charge in [-0.15, -0.1) is 0 Å². The molecule has 0 saturated heterocycles. The molecule has 2 heterocycles. The summed E-state index contributed by atoms with van der Waals surface area (Å²) in [5.74, 6) is 0. The molecule has 0 bridgehead atoms. The molecular formula is C13H21N5. The number of hydrogen-bond acceptors (Lipinski definition) is 3. The van der Waals surface area contributed by atoms with Gasteiger partial charge in [-0.05, 0) is 32.4 Å². The van der Waals surface area contributed by atoms with Crippen LogP contribution in [-0.4, -0.2) is 25.9 Å². The van der Waals surface area contributed by atoms with Crippen LogP contribution >= 0.6 is 0 Å². The lowest BCUT2D eigenvalue weighted by Gasteiger charge is -2.05. The van der Waals surface area contributed by atoms with E-state index in [1.54, 1.807) is 0 Å². The number of unbranched alkanes of at least 4 members (excludes halogenated alkanes) is 1. The highest BCUT2D eigenvalue weighted by atomic mass is 15.3. The lowest BCUT2D eigenvalue weighted by atomic mass is 10.3. The van der Waals surface area contributed by atoms with Crippen molar-refractivity contribution in [1.29, 1.82) is 0 Å². The minimum absolute atomic E-state index is 0.891. The molecule has 0 radical (unpaired) electrons. The number of nitrogens with one attached hydrogen (secondary N) is 1. The standard InChI is InChI=1S/C13H21N5/c1-12-9-13(17(2)16-12)10-14-5-3-4-7-18-8-6-15-11-18/h6,8-9,11,14H,3-5,7,10H2,1-2H3. The largest absolute Gasteiger partial charge is 0.337 e. The van der Waals surface area contributed by atoms with Crippen LogP contribution in [0.3, 0.4) is 0 Å². The highest BCUT2D eigenvalue weighted by molar-refractivity contribution is 5.08. The Kier molecular flexibility index (Phi) is 4.52. The summed E-state index contributed by atoms with van der Waals surface area (Å²) in [6, 6.07) is 2.12. The Bertz CT molecular complexity index is 458. The van der Waals surface area contributed by atoms with Crippen LogP contribution in [0, 0.1) is 6.92 Å². The molecule has 0 spiro atoms. The lowest BCUT2D eigenvalue weighted by Crippen LogP contribution is -2.17. The molecule has 0 fully saturated rings. The third-order valence-corrected chi connectivity index (χ3v) is 2.98. The van der Waals surface area contributed by atoms with Crippen LogP contribution in [0.4, 0.5) is 0 Å². The van der Waals surface area contributed by atoms with Gasteiger partial charge in [0.15, 0.2) is 0 Å². The van der Waals surface area contributed by atoms with E-state index in [0.29, 0.717) is 0 Å². The fourth-order valence-electron chi connectivity index (χ4n) is 2.01. The first kappa shape index (κ1) is 12.8. The average Bonchev–Trinajstić information content (AvgIpc) is 2.94. The van der Waals surface area contributed by atoms with Crippen molar-refractivity contribution in [2.75, 3.05) is 6.54 Å². The van der Waals surface area contributed by atoms with Crippen LogP contribution in [0.25, 0.3) is 0 Å². The number of hydrogen-bond donors (Lipinski definition) is 1. The van der Waals surface area contributed by atoms with Gasteiger partial charge in [0.1, 0.15) is 0 Å². The van der Waals surface area contributed by atoms with Crippen molar-refractivity contribution in [3.05, 3.63) is 36.2 Å². The molecule has 0 atom stereocenters. The normalized spacial score (nSPS) is 11.0. The summed E-state index contributed by atoms with van der Waals surface area (Å²) in [5, 5.41) is 7.78. The van der Waals surface area contributed by atoms with E-state index >= 15 is 0 Å². The van der Waals surface area contributed by atoms with E-state index in [4.69, 9.17) is 0 Å². The molecule has 0 aliphatic heterocycles. The molecule has 2 aromatic heterocycles. The fourth-order valence-corrected chi connectivity index (χ4v) is 2.01. The molecule has 0 aliphatic rings. The van der Waals surface area contributed by atoms with Gasteiger partial charge < -0.3 is 9.88 Å². The van der Waals surface area contributed by atoms with Crippen molar-refractivity contribution in [3.63, 3.8) is 0 Å². The monoisotopic (exact) mass is 247 g/mol. The van der Waals surface area contributed by atoms with Crippen molar-refractivity contribution >= 4 is 0 Å². The van der Waals surface area contributed by atoms with Crippen LogP contribution < -0.4 is 5.32 Å². The van der Waals surface area contributed by atoms with E-state index in [9.17, 15) is 0 Å². The first-order valence-electron chi connectivity index (χ1n) is 6.41. The quantitative estimate of drug-likeness (QED) is 0.754. The lowest BCUT2D eigenvalue weighted by molar-refractivity contribution is 0.556. The third-order valence-electron chi connectivity index (χ3n) is 2.98. The predicted octanol–water partition coefficient (Wildman–Crippen LogP) is 1.50. The summed E-state index contributed by atoms with van der Waals surface area (Å²) in [6.07, 6.45) is 8.05. The number of aromatic nitrogens is 4. The van der Waals surface area contributed by atoms with Crippen molar-refractivity contribution in [2.45, 2.75) is 32.9 Å². The van der Waals surface area contributed by atoms with Crippen molar-refractivity contribution in [3.8, 4) is 0 Å². The van der Waals surface area contributed by atoms with E-state index in [1.807, 2.05) is 37.4 Å². The highest BCUT2D eigenvalue weighted by Crippen LogP contribution is 2.01. The highest BCUT2D eigenvalue weighted by Gasteiger charge is 2.00. The second-order valence-corrected chi connectivity index (χ2v) is 4.59. The maximum absolute atomic E-state index is 4.33. The van der Waals surface area contributed by atoms with Gasteiger partial charge in [-0.25, -0.2) is 4.98 Å². The molecule has 2 rings (SSSR count). The van der Waals surface area contributed by atoms with E-state index in [2.05, 4.69) is 26.0 Å². The molecule has 5 nitrogen and oxygen atoms in total. The molecule has 2 aromatic rings. The van der Waals surface area contributed by atoms with Crippen LogP contribution in [0.2, 0.25) is 0 Å². The minimum atomic E-state index is 0.891. The van der Waals surface area contributed by atoms with Gasteiger partial charge in [-0.2, -0.15) is 5.10 Å². The van der Waals surface area contributed by atoms with Crippen LogP contribution in [0.1, 0.15) is 24.2 Å². The summed E-state index contributed by atoms with van der Waals surface area (Å²) in [7, 11) is 1.99. The maximum Gasteiger partial charge on any atom is 0.0945 e.